The molecular formula is C29H29NO5S. The first-order valence-corrected chi connectivity index (χ1v) is 14.2. The zero-order valence-electron chi connectivity index (χ0n) is 20.1. The first kappa shape index (κ1) is 24.3. The van der Waals surface area contributed by atoms with Crippen LogP contribution in [0.25, 0.3) is 0 Å². The maximum Gasteiger partial charge on any atom is 0.343 e. The topological polar surface area (TPSA) is 108 Å². The third-order valence-electron chi connectivity index (χ3n) is 7.32. The van der Waals surface area contributed by atoms with Crippen molar-refractivity contribution >= 4 is 9.84 Å². The van der Waals surface area contributed by atoms with Gasteiger partial charge in [-0.25, -0.2) is 13.2 Å². The highest BCUT2D eigenvalue weighted by Gasteiger charge is 2.30. The van der Waals surface area contributed by atoms with Gasteiger partial charge in [0.2, 0.25) is 0 Å². The Balaban J connectivity index is 1.55. The van der Waals surface area contributed by atoms with Crippen LogP contribution in [0.3, 0.4) is 0 Å². The average Bonchev–Trinajstić information content (AvgIpc) is 3.69. The zero-order valence-corrected chi connectivity index (χ0v) is 20.9. The molecule has 36 heavy (non-hydrogen) atoms. The molecule has 0 saturated heterocycles. The summed E-state index contributed by atoms with van der Waals surface area (Å²) in [5.41, 5.74) is 3.15. The molecule has 7 heteroatoms. The molecule has 2 aromatic carbocycles. The van der Waals surface area contributed by atoms with Gasteiger partial charge in [0.05, 0.1) is 27.8 Å². The van der Waals surface area contributed by atoms with Crippen molar-refractivity contribution in [3.63, 3.8) is 0 Å². The maximum absolute atomic E-state index is 13.4. The van der Waals surface area contributed by atoms with Gasteiger partial charge in [-0.2, -0.15) is 5.26 Å². The molecule has 2 aliphatic rings. The summed E-state index contributed by atoms with van der Waals surface area (Å²) in [6.07, 6.45) is 7.43. The Morgan fingerprint density at radius 1 is 0.972 bits per heavy atom. The van der Waals surface area contributed by atoms with Crippen LogP contribution in [0.4, 0.5) is 0 Å². The van der Waals surface area contributed by atoms with E-state index in [4.69, 9.17) is 9.68 Å². The molecule has 186 valence electrons. The molecule has 0 amide bonds. The summed E-state index contributed by atoms with van der Waals surface area (Å²) in [6, 6.07) is 13.6. The maximum atomic E-state index is 13.4. The monoisotopic (exact) mass is 503 g/mol. The molecule has 1 aromatic heterocycles. The van der Waals surface area contributed by atoms with Crippen LogP contribution in [0.5, 0.6) is 5.75 Å². The predicted molar refractivity (Wildman–Crippen MR) is 136 cm³/mol. The smallest absolute Gasteiger partial charge is 0.343 e. The first-order chi connectivity index (χ1) is 17.4. The van der Waals surface area contributed by atoms with E-state index in [0.29, 0.717) is 41.2 Å². The Morgan fingerprint density at radius 2 is 1.69 bits per heavy atom. The lowest BCUT2D eigenvalue weighted by molar-refractivity contribution is 0.390. The first-order valence-electron chi connectivity index (χ1n) is 12.6. The molecule has 6 nitrogen and oxygen atoms in total. The zero-order chi connectivity index (χ0) is 25.3. The molecular weight excluding hydrogens is 474 g/mol. The highest BCUT2D eigenvalue weighted by atomic mass is 32.2. The van der Waals surface area contributed by atoms with Gasteiger partial charge in [-0.3, -0.25) is 0 Å². The molecule has 0 radical (unpaired) electrons. The molecule has 0 atom stereocenters. The lowest BCUT2D eigenvalue weighted by atomic mass is 9.92. The van der Waals surface area contributed by atoms with Crippen molar-refractivity contribution in [2.24, 2.45) is 0 Å². The Morgan fingerprint density at radius 3 is 2.39 bits per heavy atom. The van der Waals surface area contributed by atoms with E-state index < -0.39 is 15.5 Å². The summed E-state index contributed by atoms with van der Waals surface area (Å²) < 4.78 is 32.5. The second kappa shape index (κ2) is 9.94. The normalized spacial score (nSPS) is 16.0. The van der Waals surface area contributed by atoms with Crippen LogP contribution in [0.2, 0.25) is 0 Å². The number of sulfone groups is 1. The Labute approximate surface area is 211 Å². The molecule has 1 fully saturated rings. The molecule has 0 spiro atoms. The van der Waals surface area contributed by atoms with Crippen molar-refractivity contribution in [3.8, 4) is 11.8 Å². The number of benzene rings is 2. The highest BCUT2D eigenvalue weighted by Crippen LogP contribution is 2.43. The minimum Gasteiger partial charge on any atom is -0.507 e. The molecule has 1 heterocycles. The van der Waals surface area contributed by atoms with Gasteiger partial charge >= 0.3 is 5.63 Å². The van der Waals surface area contributed by atoms with Gasteiger partial charge in [0.15, 0.2) is 9.84 Å². The number of aromatic hydroxyl groups is 1. The minimum atomic E-state index is -3.70. The van der Waals surface area contributed by atoms with E-state index in [0.717, 1.165) is 49.7 Å². The van der Waals surface area contributed by atoms with Crippen LogP contribution in [0.1, 0.15) is 83.6 Å². The summed E-state index contributed by atoms with van der Waals surface area (Å²) >= 11 is 0. The molecule has 0 unspecified atom stereocenters. The highest BCUT2D eigenvalue weighted by molar-refractivity contribution is 7.90. The van der Waals surface area contributed by atoms with Crippen LogP contribution >= 0.6 is 0 Å². The van der Waals surface area contributed by atoms with E-state index in [1.165, 1.54) is 24.3 Å². The van der Waals surface area contributed by atoms with Gasteiger partial charge < -0.3 is 9.52 Å². The van der Waals surface area contributed by atoms with E-state index in [2.05, 4.69) is 0 Å². The van der Waals surface area contributed by atoms with Crippen LogP contribution < -0.4 is 5.63 Å². The summed E-state index contributed by atoms with van der Waals surface area (Å²) in [4.78, 5) is 13.1. The predicted octanol–water partition coefficient (Wildman–Crippen LogP) is 5.32. The van der Waals surface area contributed by atoms with Gasteiger partial charge in [-0.05, 0) is 79.0 Å². The lowest BCUT2D eigenvalue weighted by Gasteiger charge is -2.18. The molecule has 0 aliphatic heterocycles. The second-order valence-corrected chi connectivity index (χ2v) is 11.9. The van der Waals surface area contributed by atoms with Crippen molar-refractivity contribution < 1.29 is 17.9 Å². The third kappa shape index (κ3) is 4.96. The standard InChI is InChI=1S/C29H29NO5S/c30-17-19-10-14-22(15-11-19)36(33,34)18-26-21(6-5-8-23(26)20-12-13-20)16-25-28(31)24-7-3-1-2-4-9-27(24)35-29(25)32/h5-6,8,10-11,14-15,20,31H,1-4,7,9,12-13,16,18H2. The Bertz CT molecular complexity index is 1490. The van der Waals surface area contributed by atoms with Gasteiger partial charge in [-0.15, -0.1) is 0 Å². The van der Waals surface area contributed by atoms with E-state index in [1.807, 2.05) is 24.3 Å². The van der Waals surface area contributed by atoms with Gasteiger partial charge in [0.25, 0.3) is 0 Å². The number of hydrogen-bond acceptors (Lipinski definition) is 6. The van der Waals surface area contributed by atoms with Crippen molar-refractivity contribution in [3.05, 3.63) is 92.0 Å². The van der Waals surface area contributed by atoms with E-state index in [9.17, 15) is 18.3 Å². The molecule has 3 aromatic rings. The van der Waals surface area contributed by atoms with Gasteiger partial charge in [-0.1, -0.05) is 31.0 Å². The van der Waals surface area contributed by atoms with Crippen LogP contribution in [0.15, 0.2) is 56.6 Å². The fraction of sp³-hybridized carbons (Fsp3) is 0.379. The van der Waals surface area contributed by atoms with E-state index in [1.54, 1.807) is 0 Å². The second-order valence-electron chi connectivity index (χ2n) is 9.86. The summed E-state index contributed by atoms with van der Waals surface area (Å²) in [7, 11) is -3.70. The van der Waals surface area contributed by atoms with Crippen molar-refractivity contribution in [1.29, 1.82) is 5.26 Å². The van der Waals surface area contributed by atoms with Crippen LogP contribution in [0, 0.1) is 11.3 Å². The van der Waals surface area contributed by atoms with E-state index in [-0.39, 0.29) is 28.4 Å². The summed E-state index contributed by atoms with van der Waals surface area (Å²) in [6.45, 7) is 0. The van der Waals surface area contributed by atoms with Crippen molar-refractivity contribution in [1.82, 2.24) is 0 Å². The van der Waals surface area contributed by atoms with Crippen LogP contribution in [-0.4, -0.2) is 13.5 Å². The Kier molecular flexibility index (Phi) is 6.72. The molecule has 2 aliphatic carbocycles. The SMILES string of the molecule is N#Cc1ccc(S(=O)(=O)Cc2c(Cc3c(O)c4c(oc3=O)CCCCCC4)cccc2C2CC2)cc1. The van der Waals surface area contributed by atoms with Gasteiger partial charge in [0, 0.05) is 18.4 Å². The number of nitrogens with zero attached hydrogens (tertiary/aromatic N) is 1. The number of fused-ring (bicyclic) bond motifs is 1. The summed E-state index contributed by atoms with van der Waals surface area (Å²) in [5.74, 6) is 0.673. The quantitative estimate of drug-likeness (QED) is 0.488. The summed E-state index contributed by atoms with van der Waals surface area (Å²) in [5, 5.41) is 20.2. The number of nitriles is 1. The van der Waals surface area contributed by atoms with Crippen molar-refractivity contribution in [2.75, 3.05) is 0 Å². The molecule has 5 rings (SSSR count). The van der Waals surface area contributed by atoms with Crippen LogP contribution in [-0.2, 0) is 34.9 Å². The Hall–Kier alpha value is -3.37. The lowest BCUT2D eigenvalue weighted by Crippen LogP contribution is -2.16. The fourth-order valence-electron chi connectivity index (χ4n) is 5.18. The number of rotatable bonds is 6. The number of hydrogen-bond donors (Lipinski definition) is 1. The molecule has 0 bridgehead atoms. The van der Waals surface area contributed by atoms with E-state index >= 15 is 0 Å². The largest absolute Gasteiger partial charge is 0.507 e. The fourth-order valence-corrected chi connectivity index (χ4v) is 6.63. The molecule has 1 saturated carbocycles. The average molecular weight is 504 g/mol. The minimum absolute atomic E-state index is 0.000810. The molecule has 1 N–H and O–H groups in total. The van der Waals surface area contributed by atoms with Gasteiger partial charge in [0.1, 0.15) is 11.5 Å². The number of aryl methyl sites for hydroxylation is 1. The third-order valence-corrected chi connectivity index (χ3v) is 8.98. The van der Waals surface area contributed by atoms with Crippen molar-refractivity contribution in [2.45, 2.75) is 74.4 Å².